The van der Waals surface area contributed by atoms with Crippen LogP contribution in [-0.2, 0) is 11.2 Å². The molecule has 36 heavy (non-hydrogen) atoms. The Morgan fingerprint density at radius 2 is 1.97 bits per heavy atom. The third-order valence-corrected chi connectivity index (χ3v) is 7.50. The number of methoxy groups -OCH3 is 1. The molecule has 3 aromatic rings. The van der Waals surface area contributed by atoms with Gasteiger partial charge in [-0.3, -0.25) is 14.8 Å². The number of rotatable bonds is 12. The first-order valence-electron chi connectivity index (χ1n) is 13.0. The Balaban J connectivity index is 1.26. The minimum absolute atomic E-state index is 0.0720. The van der Waals surface area contributed by atoms with Gasteiger partial charge in [0.2, 0.25) is 0 Å². The molecule has 1 saturated heterocycles. The van der Waals surface area contributed by atoms with E-state index in [1.165, 1.54) is 5.56 Å². The summed E-state index contributed by atoms with van der Waals surface area (Å²) in [7, 11) is 1.62. The number of pyridine rings is 2. The summed E-state index contributed by atoms with van der Waals surface area (Å²) in [6, 6.07) is 11.6. The third-order valence-electron chi connectivity index (χ3n) is 7.50. The smallest absolute Gasteiger partial charge is 0.308 e. The zero-order valence-corrected chi connectivity index (χ0v) is 21.1. The van der Waals surface area contributed by atoms with Crippen LogP contribution in [0.3, 0.4) is 0 Å². The highest BCUT2D eigenvalue weighted by atomic mass is 16.5. The predicted molar refractivity (Wildman–Crippen MR) is 140 cm³/mol. The first-order chi connectivity index (χ1) is 17.5. The molecule has 0 radical (unpaired) electrons. The number of carboxylic acid groups (broad SMARTS) is 1. The Bertz CT molecular complexity index is 1120. The van der Waals surface area contributed by atoms with Crippen LogP contribution in [0.4, 0.5) is 0 Å². The second-order valence-corrected chi connectivity index (χ2v) is 9.84. The number of aliphatic hydroxyl groups excluding tert-OH is 1. The van der Waals surface area contributed by atoms with Crippen molar-refractivity contribution in [2.75, 3.05) is 26.7 Å². The standard InChI is InChI=1S/C29H37N3O4/c1-36-23-7-8-27-25(19-23)24(12-16-31-27)28(33)9-6-22-13-18-32(20-26(22)29(34)35)17-4-2-3-5-21-10-14-30-15-11-21/h7-8,10-12,14-16,19,22,26,28,33H,2-6,9,13,17-18,20H2,1H3,(H,34,35)/t22-,26+,28?/m1/s1. The number of hydrogen-bond donors (Lipinski definition) is 2. The predicted octanol–water partition coefficient (Wildman–Crippen LogP) is 4.89. The number of piperidine rings is 1. The number of carbonyl (C=O) groups is 1. The van der Waals surface area contributed by atoms with Crippen molar-refractivity contribution < 1.29 is 19.7 Å². The number of unbranched alkanes of at least 4 members (excludes halogenated alkanes) is 2. The topological polar surface area (TPSA) is 95.8 Å². The van der Waals surface area contributed by atoms with Crippen LogP contribution in [0.25, 0.3) is 10.9 Å². The molecule has 2 N–H and O–H groups in total. The van der Waals surface area contributed by atoms with E-state index in [0.29, 0.717) is 19.4 Å². The summed E-state index contributed by atoms with van der Waals surface area (Å²) in [6.45, 7) is 2.46. The molecule has 7 nitrogen and oxygen atoms in total. The van der Waals surface area contributed by atoms with Gasteiger partial charge in [-0.25, -0.2) is 0 Å². The maximum Gasteiger partial charge on any atom is 0.308 e. The van der Waals surface area contributed by atoms with Gasteiger partial charge in [-0.1, -0.05) is 6.42 Å². The first kappa shape index (κ1) is 26.0. The molecular weight excluding hydrogens is 454 g/mol. The Morgan fingerprint density at radius 3 is 2.75 bits per heavy atom. The van der Waals surface area contributed by atoms with E-state index < -0.39 is 18.0 Å². The summed E-state index contributed by atoms with van der Waals surface area (Å²) >= 11 is 0. The summed E-state index contributed by atoms with van der Waals surface area (Å²) in [5.41, 5.74) is 2.94. The van der Waals surface area contributed by atoms with Crippen molar-refractivity contribution in [2.24, 2.45) is 11.8 Å². The summed E-state index contributed by atoms with van der Waals surface area (Å²) in [5, 5.41) is 21.8. The van der Waals surface area contributed by atoms with Crippen LogP contribution >= 0.6 is 0 Å². The van der Waals surface area contributed by atoms with Crippen LogP contribution in [0.15, 0.2) is 55.0 Å². The SMILES string of the molecule is COc1ccc2nccc(C(O)CC[C@@H]3CCN(CCCCCc4ccncc4)C[C@@H]3C(=O)O)c2c1. The van der Waals surface area contributed by atoms with Gasteiger partial charge in [0.1, 0.15) is 5.75 Å². The zero-order chi connectivity index (χ0) is 25.3. The van der Waals surface area contributed by atoms with E-state index in [9.17, 15) is 15.0 Å². The van der Waals surface area contributed by atoms with E-state index in [0.717, 1.165) is 67.4 Å². The Hall–Kier alpha value is -3.03. The van der Waals surface area contributed by atoms with Crippen LogP contribution < -0.4 is 4.74 Å². The van der Waals surface area contributed by atoms with Gasteiger partial charge in [-0.2, -0.15) is 0 Å². The van der Waals surface area contributed by atoms with E-state index in [1.807, 2.05) is 36.7 Å². The summed E-state index contributed by atoms with van der Waals surface area (Å²) < 4.78 is 5.34. The third kappa shape index (κ3) is 6.80. The van der Waals surface area contributed by atoms with Crippen molar-refractivity contribution in [3.8, 4) is 5.75 Å². The minimum atomic E-state index is -0.726. The van der Waals surface area contributed by atoms with Crippen LogP contribution in [-0.4, -0.2) is 57.8 Å². The monoisotopic (exact) mass is 491 g/mol. The number of hydrogen-bond acceptors (Lipinski definition) is 6. The van der Waals surface area contributed by atoms with Crippen molar-refractivity contribution in [2.45, 2.75) is 51.0 Å². The number of aryl methyl sites for hydroxylation is 1. The van der Waals surface area contributed by atoms with Gasteiger partial charge < -0.3 is 19.8 Å². The number of benzene rings is 1. The Kier molecular flexibility index (Phi) is 9.25. The summed E-state index contributed by atoms with van der Waals surface area (Å²) in [6.07, 6.45) is 11.2. The number of aromatic nitrogens is 2. The summed E-state index contributed by atoms with van der Waals surface area (Å²) in [5.74, 6) is -0.324. The molecule has 0 spiro atoms. The lowest BCUT2D eigenvalue weighted by Crippen LogP contribution is -2.44. The van der Waals surface area contributed by atoms with E-state index in [4.69, 9.17) is 4.74 Å². The minimum Gasteiger partial charge on any atom is -0.497 e. The van der Waals surface area contributed by atoms with Crippen molar-refractivity contribution in [1.29, 1.82) is 0 Å². The van der Waals surface area contributed by atoms with Crippen molar-refractivity contribution in [1.82, 2.24) is 14.9 Å². The lowest BCUT2D eigenvalue weighted by Gasteiger charge is -2.37. The van der Waals surface area contributed by atoms with Gasteiger partial charge in [0.15, 0.2) is 0 Å². The molecule has 1 fully saturated rings. The fraction of sp³-hybridized carbons (Fsp3) is 0.483. The molecule has 0 bridgehead atoms. The number of carboxylic acids is 1. The lowest BCUT2D eigenvalue weighted by atomic mass is 9.81. The first-order valence-corrected chi connectivity index (χ1v) is 13.0. The largest absolute Gasteiger partial charge is 0.497 e. The van der Waals surface area contributed by atoms with Crippen LogP contribution in [0.1, 0.15) is 55.8 Å². The number of aliphatic hydroxyl groups is 1. The number of nitrogens with zero attached hydrogens (tertiary/aromatic N) is 3. The molecule has 192 valence electrons. The fourth-order valence-electron chi connectivity index (χ4n) is 5.38. The number of likely N-dealkylation sites (tertiary alicyclic amines) is 1. The van der Waals surface area contributed by atoms with Crippen molar-refractivity contribution in [3.05, 3.63) is 66.1 Å². The van der Waals surface area contributed by atoms with Gasteiger partial charge in [-0.05, 0) is 105 Å². The van der Waals surface area contributed by atoms with Gasteiger partial charge in [0.25, 0.3) is 0 Å². The van der Waals surface area contributed by atoms with Gasteiger partial charge in [-0.15, -0.1) is 0 Å². The molecule has 0 saturated carbocycles. The fourth-order valence-corrected chi connectivity index (χ4v) is 5.38. The maximum atomic E-state index is 12.1. The molecule has 1 aliphatic rings. The van der Waals surface area contributed by atoms with Gasteiger partial charge in [0, 0.05) is 30.5 Å². The Labute approximate surface area is 213 Å². The number of aliphatic carboxylic acids is 1. The van der Waals surface area contributed by atoms with E-state index in [2.05, 4.69) is 27.0 Å². The van der Waals surface area contributed by atoms with Crippen LogP contribution in [0.5, 0.6) is 5.75 Å². The highest BCUT2D eigenvalue weighted by Crippen LogP contribution is 2.33. The number of fused-ring (bicyclic) bond motifs is 1. The second-order valence-electron chi connectivity index (χ2n) is 9.84. The molecule has 3 heterocycles. The molecule has 2 aromatic heterocycles. The van der Waals surface area contributed by atoms with E-state index >= 15 is 0 Å². The zero-order valence-electron chi connectivity index (χ0n) is 21.1. The molecule has 1 aromatic carbocycles. The normalized spacial score (nSPS) is 19.3. The van der Waals surface area contributed by atoms with E-state index in [-0.39, 0.29) is 5.92 Å². The van der Waals surface area contributed by atoms with E-state index in [1.54, 1.807) is 13.3 Å². The molecule has 7 heteroatoms. The maximum absolute atomic E-state index is 12.1. The van der Waals surface area contributed by atoms with Gasteiger partial charge in [0.05, 0.1) is 24.6 Å². The van der Waals surface area contributed by atoms with Crippen LogP contribution in [0, 0.1) is 11.8 Å². The average molecular weight is 492 g/mol. The summed E-state index contributed by atoms with van der Waals surface area (Å²) in [4.78, 5) is 22.8. The molecule has 1 unspecified atom stereocenters. The Morgan fingerprint density at radius 1 is 1.14 bits per heavy atom. The lowest BCUT2D eigenvalue weighted by molar-refractivity contribution is -0.146. The van der Waals surface area contributed by atoms with Crippen molar-refractivity contribution >= 4 is 16.9 Å². The van der Waals surface area contributed by atoms with Gasteiger partial charge >= 0.3 is 5.97 Å². The molecule has 3 atom stereocenters. The number of ether oxygens (including phenoxy) is 1. The average Bonchev–Trinajstić information content (AvgIpc) is 2.91. The molecule has 0 amide bonds. The highest BCUT2D eigenvalue weighted by Gasteiger charge is 2.34. The highest BCUT2D eigenvalue weighted by molar-refractivity contribution is 5.83. The van der Waals surface area contributed by atoms with Crippen LogP contribution in [0.2, 0.25) is 0 Å². The molecular formula is C29H37N3O4. The molecule has 1 aliphatic heterocycles. The second kappa shape index (κ2) is 12.8. The van der Waals surface area contributed by atoms with Crippen molar-refractivity contribution in [3.63, 3.8) is 0 Å². The molecule has 0 aliphatic carbocycles. The quantitative estimate of drug-likeness (QED) is 0.348. The molecule has 4 rings (SSSR count).